The predicted octanol–water partition coefficient (Wildman–Crippen LogP) is 0.351. The van der Waals surface area contributed by atoms with Gasteiger partial charge in [0.1, 0.15) is 5.25 Å². The maximum Gasteiger partial charge on any atom is 0.216 e. The van der Waals surface area contributed by atoms with Gasteiger partial charge in [-0.15, -0.1) is 0 Å². The van der Waals surface area contributed by atoms with E-state index in [4.69, 9.17) is 4.74 Å². The van der Waals surface area contributed by atoms with Crippen molar-refractivity contribution >= 4 is 10.0 Å². The second-order valence-electron chi connectivity index (χ2n) is 3.37. The molecule has 5 heteroatoms. The molecule has 1 aliphatic heterocycles. The molecule has 1 saturated heterocycles. The van der Waals surface area contributed by atoms with Crippen LogP contribution in [-0.2, 0) is 14.8 Å². The molecule has 1 rings (SSSR count). The predicted molar refractivity (Wildman–Crippen MR) is 51.0 cm³/mol. The summed E-state index contributed by atoms with van der Waals surface area (Å²) in [7, 11) is -1.69. The molecule has 1 aliphatic rings. The molecule has 1 N–H and O–H groups in total. The molecule has 0 amide bonds. The van der Waals surface area contributed by atoms with Crippen molar-refractivity contribution < 1.29 is 13.2 Å². The number of hydrogen-bond acceptors (Lipinski definition) is 3. The molecule has 2 unspecified atom stereocenters. The summed E-state index contributed by atoms with van der Waals surface area (Å²) in [6, 6.07) is 0. The topological polar surface area (TPSA) is 55.4 Å². The van der Waals surface area contributed by atoms with Gasteiger partial charge < -0.3 is 4.74 Å². The average Bonchev–Trinajstić information content (AvgIpc) is 2.54. The van der Waals surface area contributed by atoms with Gasteiger partial charge in [0.25, 0.3) is 0 Å². The minimum absolute atomic E-state index is 0.169. The number of hydrogen-bond donors (Lipinski definition) is 1. The fraction of sp³-hybridized carbons (Fsp3) is 1.00. The summed E-state index contributed by atoms with van der Waals surface area (Å²) in [6.45, 7) is 2.98. The number of ether oxygens (including phenoxy) is 1. The fourth-order valence-electron chi connectivity index (χ4n) is 1.71. The SMILES string of the molecule is CCCC1COCC1S(=O)(=O)NC. The summed E-state index contributed by atoms with van der Waals surface area (Å²) < 4.78 is 30.5. The normalized spacial score (nSPS) is 29.4. The van der Waals surface area contributed by atoms with Gasteiger partial charge in [0.2, 0.25) is 10.0 Å². The molecule has 0 spiro atoms. The van der Waals surface area contributed by atoms with Crippen molar-refractivity contribution in [2.24, 2.45) is 5.92 Å². The Hall–Kier alpha value is -0.130. The van der Waals surface area contributed by atoms with Crippen LogP contribution in [0.25, 0.3) is 0 Å². The zero-order valence-corrected chi connectivity index (χ0v) is 8.93. The van der Waals surface area contributed by atoms with Crippen molar-refractivity contribution in [1.82, 2.24) is 4.72 Å². The van der Waals surface area contributed by atoms with Gasteiger partial charge in [0.05, 0.1) is 13.2 Å². The molecule has 1 fully saturated rings. The van der Waals surface area contributed by atoms with Crippen LogP contribution in [0.2, 0.25) is 0 Å². The Kier molecular flexibility index (Phi) is 3.70. The van der Waals surface area contributed by atoms with Gasteiger partial charge in [-0.2, -0.15) is 0 Å². The van der Waals surface area contributed by atoms with Crippen molar-refractivity contribution in [1.29, 1.82) is 0 Å². The number of rotatable bonds is 4. The molecule has 78 valence electrons. The third kappa shape index (κ3) is 2.42. The minimum atomic E-state index is -3.14. The van der Waals surface area contributed by atoms with Crippen LogP contribution in [0.1, 0.15) is 19.8 Å². The lowest BCUT2D eigenvalue weighted by molar-refractivity contribution is 0.184. The van der Waals surface area contributed by atoms with E-state index in [0.717, 1.165) is 12.8 Å². The summed E-state index contributed by atoms with van der Waals surface area (Å²) in [4.78, 5) is 0. The molecular weight excluding hydrogens is 190 g/mol. The summed E-state index contributed by atoms with van der Waals surface area (Å²) in [5.74, 6) is 0.169. The van der Waals surface area contributed by atoms with Gasteiger partial charge in [-0.25, -0.2) is 13.1 Å². The van der Waals surface area contributed by atoms with Crippen LogP contribution >= 0.6 is 0 Å². The Morgan fingerprint density at radius 3 is 2.69 bits per heavy atom. The van der Waals surface area contributed by atoms with Gasteiger partial charge in [-0.3, -0.25) is 0 Å². The Morgan fingerprint density at radius 1 is 1.46 bits per heavy atom. The first-order valence-corrected chi connectivity index (χ1v) is 6.16. The monoisotopic (exact) mass is 207 g/mol. The van der Waals surface area contributed by atoms with Crippen molar-refractivity contribution in [2.45, 2.75) is 25.0 Å². The summed E-state index contributed by atoms with van der Waals surface area (Å²) in [6.07, 6.45) is 1.93. The molecule has 0 aromatic heterocycles. The quantitative estimate of drug-likeness (QED) is 0.723. The second-order valence-corrected chi connectivity index (χ2v) is 5.48. The average molecular weight is 207 g/mol. The van der Waals surface area contributed by atoms with E-state index in [-0.39, 0.29) is 11.2 Å². The lowest BCUT2D eigenvalue weighted by Crippen LogP contribution is -2.36. The Bertz CT molecular complexity index is 250. The van der Waals surface area contributed by atoms with Crippen molar-refractivity contribution in [2.75, 3.05) is 20.3 Å². The minimum Gasteiger partial charge on any atom is -0.380 e. The van der Waals surface area contributed by atoms with Gasteiger partial charge in [-0.1, -0.05) is 13.3 Å². The molecule has 2 atom stereocenters. The van der Waals surface area contributed by atoms with Crippen LogP contribution in [-0.4, -0.2) is 33.9 Å². The third-order valence-corrected chi connectivity index (χ3v) is 4.37. The zero-order valence-electron chi connectivity index (χ0n) is 8.12. The molecule has 13 heavy (non-hydrogen) atoms. The van der Waals surface area contributed by atoms with E-state index in [1.165, 1.54) is 7.05 Å². The highest BCUT2D eigenvalue weighted by Crippen LogP contribution is 2.24. The van der Waals surface area contributed by atoms with Crippen molar-refractivity contribution in [3.05, 3.63) is 0 Å². The van der Waals surface area contributed by atoms with Gasteiger partial charge in [0, 0.05) is 5.92 Å². The maximum atomic E-state index is 11.5. The first kappa shape index (κ1) is 10.9. The Labute approximate surface area is 79.7 Å². The van der Waals surface area contributed by atoms with Gasteiger partial charge in [0.15, 0.2) is 0 Å². The third-order valence-electron chi connectivity index (χ3n) is 2.48. The van der Waals surface area contributed by atoms with E-state index in [0.29, 0.717) is 13.2 Å². The highest BCUT2D eigenvalue weighted by molar-refractivity contribution is 7.90. The Morgan fingerprint density at radius 2 is 2.15 bits per heavy atom. The largest absolute Gasteiger partial charge is 0.380 e. The molecule has 0 bridgehead atoms. The molecule has 0 aromatic rings. The standard InChI is InChI=1S/C8H17NO3S/c1-3-4-7-5-12-6-8(7)13(10,11)9-2/h7-9H,3-6H2,1-2H3. The van der Waals surface area contributed by atoms with E-state index in [1.807, 2.05) is 0 Å². The summed E-state index contributed by atoms with van der Waals surface area (Å²) in [5, 5.41) is -0.350. The molecule has 1 heterocycles. The van der Waals surface area contributed by atoms with Crippen LogP contribution in [0.3, 0.4) is 0 Å². The molecule has 0 saturated carbocycles. The van der Waals surface area contributed by atoms with Crippen LogP contribution in [0, 0.1) is 5.92 Å². The molecule has 0 aliphatic carbocycles. The zero-order chi connectivity index (χ0) is 9.90. The first-order chi connectivity index (χ1) is 6.11. The smallest absolute Gasteiger partial charge is 0.216 e. The Balaban J connectivity index is 2.68. The molecule has 0 radical (unpaired) electrons. The van der Waals surface area contributed by atoms with E-state index in [9.17, 15) is 8.42 Å². The van der Waals surface area contributed by atoms with Crippen molar-refractivity contribution in [3.63, 3.8) is 0 Å². The van der Waals surface area contributed by atoms with Crippen molar-refractivity contribution in [3.8, 4) is 0 Å². The summed E-state index contributed by atoms with van der Waals surface area (Å²) >= 11 is 0. The van der Waals surface area contributed by atoms with Gasteiger partial charge >= 0.3 is 0 Å². The van der Waals surface area contributed by atoms with Crippen LogP contribution in [0.4, 0.5) is 0 Å². The van der Waals surface area contributed by atoms with E-state index in [2.05, 4.69) is 11.6 Å². The van der Waals surface area contributed by atoms with E-state index < -0.39 is 10.0 Å². The molecule has 4 nitrogen and oxygen atoms in total. The highest BCUT2D eigenvalue weighted by Gasteiger charge is 2.36. The lowest BCUT2D eigenvalue weighted by atomic mass is 10.0. The second kappa shape index (κ2) is 4.39. The van der Waals surface area contributed by atoms with E-state index in [1.54, 1.807) is 0 Å². The first-order valence-electron chi connectivity index (χ1n) is 4.62. The highest BCUT2D eigenvalue weighted by atomic mass is 32.2. The van der Waals surface area contributed by atoms with Crippen LogP contribution in [0.15, 0.2) is 0 Å². The van der Waals surface area contributed by atoms with E-state index >= 15 is 0 Å². The van der Waals surface area contributed by atoms with Crippen LogP contribution in [0.5, 0.6) is 0 Å². The van der Waals surface area contributed by atoms with Gasteiger partial charge in [-0.05, 0) is 13.5 Å². The maximum absolute atomic E-state index is 11.5. The fourth-order valence-corrected chi connectivity index (χ4v) is 3.01. The summed E-state index contributed by atoms with van der Waals surface area (Å²) in [5.41, 5.74) is 0. The van der Waals surface area contributed by atoms with Crippen LogP contribution < -0.4 is 4.72 Å². The number of nitrogens with one attached hydrogen (secondary N) is 1. The molecular formula is C8H17NO3S. The number of sulfonamides is 1. The molecule has 0 aromatic carbocycles. The lowest BCUT2D eigenvalue weighted by Gasteiger charge is -2.16.